The predicted molar refractivity (Wildman–Crippen MR) is 101 cm³/mol. The quantitative estimate of drug-likeness (QED) is 0.574. The zero-order valence-corrected chi connectivity index (χ0v) is 14.8. The Hall–Kier alpha value is -3.74. The lowest BCUT2D eigenvalue weighted by Crippen LogP contribution is -2.24. The smallest absolute Gasteiger partial charge is 0.291 e. The Morgan fingerprint density at radius 3 is 2.44 bits per heavy atom. The van der Waals surface area contributed by atoms with E-state index in [9.17, 15) is 4.79 Å². The molecule has 0 aliphatic rings. The molecule has 0 bridgehead atoms. The Bertz CT molecular complexity index is 996. The molecule has 0 fully saturated rings. The van der Waals surface area contributed by atoms with Crippen LogP contribution in [-0.4, -0.2) is 30.9 Å². The largest absolute Gasteiger partial charge is 0.345 e. The Kier molecular flexibility index (Phi) is 4.49. The number of amides is 1. The molecule has 0 atom stereocenters. The van der Waals surface area contributed by atoms with Crippen LogP contribution in [-0.2, 0) is 6.54 Å². The molecule has 2 heterocycles. The molecule has 0 radical (unpaired) electrons. The van der Waals surface area contributed by atoms with Crippen LogP contribution in [0.2, 0.25) is 0 Å². The Balaban J connectivity index is 1.67. The van der Waals surface area contributed by atoms with Crippen LogP contribution in [0.1, 0.15) is 21.9 Å². The van der Waals surface area contributed by atoms with Crippen molar-refractivity contribution < 1.29 is 4.79 Å². The van der Waals surface area contributed by atoms with E-state index in [-0.39, 0.29) is 11.7 Å². The highest BCUT2D eigenvalue weighted by Crippen LogP contribution is 2.21. The normalized spacial score (nSPS) is 10.7. The van der Waals surface area contributed by atoms with Crippen molar-refractivity contribution in [2.75, 3.05) is 0 Å². The van der Waals surface area contributed by atoms with Gasteiger partial charge in [-0.1, -0.05) is 48.5 Å². The second-order valence-corrected chi connectivity index (χ2v) is 6.08. The standard InChI is InChI=1S/C20H18N6O/c1-14-16(13-22-24-14)12-21-20(27)18-23-19(15-8-4-2-5-9-15)26(25-18)17-10-6-3-7-11-17/h2-11,13H,12H2,1H3,(H,21,27)(H,22,24). The summed E-state index contributed by atoms with van der Waals surface area (Å²) >= 11 is 0. The fourth-order valence-corrected chi connectivity index (χ4v) is 2.74. The molecule has 0 unspecified atom stereocenters. The maximum absolute atomic E-state index is 12.6. The molecule has 0 saturated heterocycles. The van der Waals surface area contributed by atoms with E-state index < -0.39 is 0 Å². The number of H-pyrrole nitrogens is 1. The first-order valence-electron chi connectivity index (χ1n) is 8.57. The molecule has 2 aromatic carbocycles. The van der Waals surface area contributed by atoms with Gasteiger partial charge in [0.25, 0.3) is 5.91 Å². The first kappa shape index (κ1) is 16.7. The summed E-state index contributed by atoms with van der Waals surface area (Å²) < 4.78 is 1.69. The summed E-state index contributed by atoms with van der Waals surface area (Å²) in [5, 5.41) is 14.1. The third-order valence-electron chi connectivity index (χ3n) is 4.22. The molecule has 2 N–H and O–H groups in total. The minimum absolute atomic E-state index is 0.124. The van der Waals surface area contributed by atoms with E-state index in [1.165, 1.54) is 0 Å². The van der Waals surface area contributed by atoms with Crippen molar-refractivity contribution >= 4 is 5.91 Å². The number of rotatable bonds is 5. The van der Waals surface area contributed by atoms with E-state index in [2.05, 4.69) is 25.6 Å². The molecule has 0 aliphatic heterocycles. The van der Waals surface area contributed by atoms with Crippen LogP contribution in [0.4, 0.5) is 0 Å². The van der Waals surface area contributed by atoms with Crippen LogP contribution < -0.4 is 5.32 Å². The minimum atomic E-state index is -0.331. The molecule has 0 aliphatic carbocycles. The lowest BCUT2D eigenvalue weighted by Gasteiger charge is -2.05. The van der Waals surface area contributed by atoms with Crippen LogP contribution >= 0.6 is 0 Å². The number of carbonyl (C=O) groups excluding carboxylic acids is 1. The van der Waals surface area contributed by atoms with Gasteiger partial charge >= 0.3 is 0 Å². The van der Waals surface area contributed by atoms with Crippen LogP contribution in [0.25, 0.3) is 17.1 Å². The number of hydrogen-bond donors (Lipinski definition) is 2. The third-order valence-corrected chi connectivity index (χ3v) is 4.22. The van der Waals surface area contributed by atoms with Crippen LogP contribution in [0.3, 0.4) is 0 Å². The second-order valence-electron chi connectivity index (χ2n) is 6.08. The number of nitrogens with zero attached hydrogens (tertiary/aromatic N) is 4. The Morgan fingerprint density at radius 1 is 1.07 bits per heavy atom. The lowest BCUT2D eigenvalue weighted by atomic mass is 10.2. The summed E-state index contributed by atoms with van der Waals surface area (Å²) in [6.07, 6.45) is 1.70. The van der Waals surface area contributed by atoms with Crippen molar-refractivity contribution in [1.29, 1.82) is 0 Å². The molecule has 1 amide bonds. The number of hydrogen-bond acceptors (Lipinski definition) is 4. The SMILES string of the molecule is Cc1[nH]ncc1CNC(=O)c1nc(-c2ccccc2)n(-c2ccccc2)n1. The number of aromatic nitrogens is 5. The molecule has 7 heteroatoms. The van der Waals surface area contributed by atoms with E-state index in [4.69, 9.17) is 0 Å². The van der Waals surface area contributed by atoms with Gasteiger partial charge in [-0.05, 0) is 19.1 Å². The molecule has 27 heavy (non-hydrogen) atoms. The average molecular weight is 358 g/mol. The van der Waals surface area contributed by atoms with Gasteiger partial charge in [-0.25, -0.2) is 9.67 Å². The van der Waals surface area contributed by atoms with Gasteiger partial charge in [-0.2, -0.15) is 5.10 Å². The number of nitrogens with one attached hydrogen (secondary N) is 2. The van der Waals surface area contributed by atoms with Gasteiger partial charge in [-0.15, -0.1) is 5.10 Å². The van der Waals surface area contributed by atoms with E-state index in [0.29, 0.717) is 12.4 Å². The monoisotopic (exact) mass is 358 g/mol. The third kappa shape index (κ3) is 3.48. The first-order chi connectivity index (χ1) is 13.2. The van der Waals surface area contributed by atoms with Crippen LogP contribution in [0.15, 0.2) is 66.9 Å². The molecular formula is C20H18N6O. The number of aromatic amines is 1. The fourth-order valence-electron chi connectivity index (χ4n) is 2.74. The van der Waals surface area contributed by atoms with Crippen molar-refractivity contribution in [3.05, 3.63) is 83.9 Å². The van der Waals surface area contributed by atoms with E-state index >= 15 is 0 Å². The van der Waals surface area contributed by atoms with Crippen molar-refractivity contribution in [2.45, 2.75) is 13.5 Å². The molecule has 4 aromatic rings. The second kappa shape index (κ2) is 7.25. The van der Waals surface area contributed by atoms with Gasteiger partial charge in [0.2, 0.25) is 5.82 Å². The van der Waals surface area contributed by atoms with Crippen molar-refractivity contribution in [2.24, 2.45) is 0 Å². The van der Waals surface area contributed by atoms with Gasteiger partial charge < -0.3 is 5.32 Å². The van der Waals surface area contributed by atoms with E-state index in [0.717, 1.165) is 22.5 Å². The summed E-state index contributed by atoms with van der Waals surface area (Å²) in [5.41, 5.74) is 3.57. The van der Waals surface area contributed by atoms with Gasteiger partial charge in [0.05, 0.1) is 11.9 Å². The van der Waals surface area contributed by atoms with Gasteiger partial charge in [0, 0.05) is 23.4 Å². The fraction of sp³-hybridized carbons (Fsp3) is 0.100. The maximum atomic E-state index is 12.6. The van der Waals surface area contributed by atoms with Crippen LogP contribution in [0, 0.1) is 6.92 Å². The van der Waals surface area contributed by atoms with Crippen LogP contribution in [0.5, 0.6) is 0 Å². The predicted octanol–water partition coefficient (Wildman–Crippen LogP) is 2.90. The van der Waals surface area contributed by atoms with Crippen molar-refractivity contribution in [3.8, 4) is 17.1 Å². The zero-order valence-electron chi connectivity index (χ0n) is 14.8. The van der Waals surface area contributed by atoms with E-state index in [1.54, 1.807) is 10.9 Å². The van der Waals surface area contributed by atoms with Gasteiger partial charge in [-0.3, -0.25) is 9.89 Å². The lowest BCUT2D eigenvalue weighted by molar-refractivity contribution is 0.0940. The number of para-hydroxylation sites is 1. The highest BCUT2D eigenvalue weighted by Gasteiger charge is 2.18. The number of carbonyl (C=O) groups is 1. The first-order valence-corrected chi connectivity index (χ1v) is 8.57. The average Bonchev–Trinajstić information content (AvgIpc) is 3.34. The molecule has 2 aromatic heterocycles. The highest BCUT2D eigenvalue weighted by molar-refractivity contribution is 5.91. The maximum Gasteiger partial charge on any atom is 0.291 e. The molecule has 4 rings (SSSR count). The van der Waals surface area contributed by atoms with Crippen molar-refractivity contribution in [1.82, 2.24) is 30.3 Å². The number of benzene rings is 2. The summed E-state index contributed by atoms with van der Waals surface area (Å²) in [6.45, 7) is 2.27. The Morgan fingerprint density at radius 2 is 1.78 bits per heavy atom. The minimum Gasteiger partial charge on any atom is -0.345 e. The molecule has 0 saturated carbocycles. The Labute approximate surface area is 156 Å². The van der Waals surface area contributed by atoms with Gasteiger partial charge in [0.15, 0.2) is 5.82 Å². The highest BCUT2D eigenvalue weighted by atomic mass is 16.2. The van der Waals surface area contributed by atoms with Crippen molar-refractivity contribution in [3.63, 3.8) is 0 Å². The topological polar surface area (TPSA) is 88.5 Å². The molecule has 134 valence electrons. The molecule has 0 spiro atoms. The summed E-state index contributed by atoms with van der Waals surface area (Å²) in [7, 11) is 0. The van der Waals surface area contributed by atoms with Gasteiger partial charge in [0.1, 0.15) is 0 Å². The zero-order chi connectivity index (χ0) is 18.6. The number of aryl methyl sites for hydroxylation is 1. The summed E-state index contributed by atoms with van der Waals surface area (Å²) in [5.74, 6) is 0.410. The van der Waals surface area contributed by atoms with E-state index in [1.807, 2.05) is 67.6 Å². The molecule has 7 nitrogen and oxygen atoms in total. The molecular weight excluding hydrogens is 340 g/mol. The summed E-state index contributed by atoms with van der Waals surface area (Å²) in [6, 6.07) is 19.3. The summed E-state index contributed by atoms with van der Waals surface area (Å²) in [4.78, 5) is 17.1.